The van der Waals surface area contributed by atoms with Crippen LogP contribution in [0.3, 0.4) is 0 Å². The quantitative estimate of drug-likeness (QED) is 0.674. The van der Waals surface area contributed by atoms with E-state index >= 15 is 0 Å². The Morgan fingerprint density at radius 1 is 1.19 bits per heavy atom. The van der Waals surface area contributed by atoms with Gasteiger partial charge in [0.05, 0.1) is 12.8 Å². The number of ether oxygens (including phenoxy) is 2. The van der Waals surface area contributed by atoms with Gasteiger partial charge in [-0.2, -0.15) is 8.78 Å². The number of nitrogens with one attached hydrogen (secondary N) is 1. The number of hydrogen-bond donors (Lipinski definition) is 1. The second-order valence-corrected chi connectivity index (χ2v) is 8.30. The fourth-order valence-electron chi connectivity index (χ4n) is 4.98. The zero-order valence-corrected chi connectivity index (χ0v) is 17.4. The lowest BCUT2D eigenvalue weighted by Gasteiger charge is -2.28. The smallest absolute Gasteiger partial charge is 0.387 e. The number of aromatic nitrogens is 3. The summed E-state index contributed by atoms with van der Waals surface area (Å²) in [7, 11) is 1.44. The Morgan fingerprint density at radius 2 is 1.97 bits per heavy atom. The minimum atomic E-state index is -2.90. The lowest BCUT2D eigenvalue weighted by Crippen LogP contribution is -2.36. The van der Waals surface area contributed by atoms with E-state index in [1.807, 2.05) is 13.0 Å². The number of alkyl halides is 2. The number of hydrogen-bond acceptors (Lipinski definition) is 5. The summed E-state index contributed by atoms with van der Waals surface area (Å²) in [5, 5.41) is 3.07. The molecule has 5 rings (SSSR count). The predicted molar refractivity (Wildman–Crippen MR) is 110 cm³/mol. The molecule has 3 aromatic rings. The lowest BCUT2D eigenvalue weighted by molar-refractivity contribution is -0.0512. The Kier molecular flexibility index (Phi) is 4.92. The fraction of sp³-hybridized carbons (Fsp3) is 0.455. The van der Waals surface area contributed by atoms with Crippen molar-refractivity contribution >= 4 is 5.65 Å². The van der Waals surface area contributed by atoms with Crippen LogP contribution in [0, 0.1) is 6.92 Å². The summed E-state index contributed by atoms with van der Waals surface area (Å²) in [6.45, 7) is -0.343. The molecule has 2 aliphatic heterocycles. The van der Waals surface area contributed by atoms with Crippen molar-refractivity contribution in [3.63, 3.8) is 0 Å². The van der Waals surface area contributed by atoms with E-state index in [0.29, 0.717) is 18.6 Å². The highest BCUT2D eigenvalue weighted by Gasteiger charge is 2.38. The van der Waals surface area contributed by atoms with E-state index in [1.54, 1.807) is 12.1 Å². The van der Waals surface area contributed by atoms with Gasteiger partial charge in [-0.3, -0.25) is 14.8 Å². The van der Waals surface area contributed by atoms with E-state index in [-0.39, 0.29) is 29.1 Å². The largest absolute Gasteiger partial charge is 0.493 e. The Hall–Kier alpha value is -2.94. The van der Waals surface area contributed by atoms with Crippen molar-refractivity contribution in [2.75, 3.05) is 7.11 Å². The highest BCUT2D eigenvalue weighted by Crippen LogP contribution is 2.36. The predicted octanol–water partition coefficient (Wildman–Crippen LogP) is 3.07. The van der Waals surface area contributed by atoms with Gasteiger partial charge in [-0.1, -0.05) is 6.07 Å². The Bertz CT molecular complexity index is 1190. The second-order valence-electron chi connectivity index (χ2n) is 8.30. The number of fused-ring (bicyclic) bond motifs is 4. The SMILES string of the molecule is COc1cc(CN2C3CCC2Cc2c(nc4cc(C)[nH]n4c2=O)C3)ccc1OC(F)F. The number of H-pyrrole nitrogens is 1. The van der Waals surface area contributed by atoms with Crippen molar-refractivity contribution in [3.05, 3.63) is 57.1 Å². The van der Waals surface area contributed by atoms with Crippen LogP contribution in [-0.4, -0.2) is 45.3 Å². The van der Waals surface area contributed by atoms with Crippen LogP contribution < -0.4 is 15.0 Å². The summed E-state index contributed by atoms with van der Waals surface area (Å²) >= 11 is 0. The van der Waals surface area contributed by atoms with Crippen LogP contribution in [0.25, 0.3) is 5.65 Å². The van der Waals surface area contributed by atoms with Gasteiger partial charge in [0.2, 0.25) is 0 Å². The molecule has 0 aliphatic carbocycles. The highest BCUT2D eigenvalue weighted by molar-refractivity contribution is 5.44. The molecule has 2 aliphatic rings. The van der Waals surface area contributed by atoms with E-state index in [1.165, 1.54) is 17.7 Å². The number of methoxy groups -OCH3 is 1. The number of nitrogens with zero attached hydrogens (tertiary/aromatic N) is 3. The van der Waals surface area contributed by atoms with Crippen molar-refractivity contribution in [3.8, 4) is 11.5 Å². The molecule has 31 heavy (non-hydrogen) atoms. The molecule has 9 heteroatoms. The molecular formula is C22H24F2N4O3. The van der Waals surface area contributed by atoms with Crippen molar-refractivity contribution in [1.82, 2.24) is 19.5 Å². The molecule has 0 saturated carbocycles. The molecule has 7 nitrogen and oxygen atoms in total. The second kappa shape index (κ2) is 7.64. The summed E-state index contributed by atoms with van der Waals surface area (Å²) in [6, 6.07) is 7.46. The average molecular weight is 430 g/mol. The molecule has 0 spiro atoms. The first-order valence-corrected chi connectivity index (χ1v) is 10.4. The molecule has 0 amide bonds. The van der Waals surface area contributed by atoms with Gasteiger partial charge in [0, 0.05) is 42.4 Å². The molecular weight excluding hydrogens is 406 g/mol. The van der Waals surface area contributed by atoms with Crippen molar-refractivity contribution < 1.29 is 18.3 Å². The maximum Gasteiger partial charge on any atom is 0.387 e. The summed E-state index contributed by atoms with van der Waals surface area (Å²) in [6.07, 6.45) is 3.44. The van der Waals surface area contributed by atoms with Crippen LogP contribution in [0.15, 0.2) is 29.1 Å². The van der Waals surface area contributed by atoms with Crippen molar-refractivity contribution in [2.45, 2.75) is 57.8 Å². The highest BCUT2D eigenvalue weighted by atomic mass is 19.3. The van der Waals surface area contributed by atoms with Gasteiger partial charge < -0.3 is 9.47 Å². The van der Waals surface area contributed by atoms with Crippen molar-refractivity contribution in [1.29, 1.82) is 0 Å². The summed E-state index contributed by atoms with van der Waals surface area (Å²) < 4.78 is 36.5. The molecule has 2 unspecified atom stereocenters. The zero-order valence-electron chi connectivity index (χ0n) is 17.4. The van der Waals surface area contributed by atoms with Crippen LogP contribution in [0.4, 0.5) is 8.78 Å². The van der Waals surface area contributed by atoms with Crippen LogP contribution in [-0.2, 0) is 19.4 Å². The molecule has 0 radical (unpaired) electrons. The van der Waals surface area contributed by atoms with Gasteiger partial charge in [0.25, 0.3) is 5.56 Å². The first-order chi connectivity index (χ1) is 14.9. The number of aromatic amines is 1. The fourth-order valence-corrected chi connectivity index (χ4v) is 4.98. The average Bonchev–Trinajstić information content (AvgIpc) is 3.23. The van der Waals surface area contributed by atoms with Crippen LogP contribution in [0.2, 0.25) is 0 Å². The number of halogens is 2. The third kappa shape index (κ3) is 3.56. The standard InChI is InChI=1S/C22H24F2N4O3/c1-12-7-20-25-17-10-15-5-4-14(9-16(17)21(29)28(20)26-12)27(15)11-13-3-6-18(31-22(23)24)19(8-13)30-2/h3,6-8,14-15,22,26H,4-5,9-11H2,1-2H3. The van der Waals surface area contributed by atoms with Gasteiger partial charge in [0.1, 0.15) is 0 Å². The van der Waals surface area contributed by atoms with Crippen LogP contribution in [0.1, 0.15) is 35.4 Å². The minimum Gasteiger partial charge on any atom is -0.493 e. The number of aryl methyl sites for hydroxylation is 1. The summed E-state index contributed by atoms with van der Waals surface area (Å²) in [5.41, 5.74) is 4.17. The van der Waals surface area contributed by atoms with Gasteiger partial charge in [-0.15, -0.1) is 0 Å². The molecule has 2 atom stereocenters. The summed E-state index contributed by atoms with van der Waals surface area (Å²) in [5.74, 6) is 0.308. The third-order valence-corrected chi connectivity index (χ3v) is 6.37. The molecule has 1 aromatic carbocycles. The van der Waals surface area contributed by atoms with Crippen LogP contribution in [0.5, 0.6) is 11.5 Å². The minimum absolute atomic E-state index is 0.0178. The molecule has 4 heterocycles. The van der Waals surface area contributed by atoms with Crippen LogP contribution >= 0.6 is 0 Å². The lowest BCUT2D eigenvalue weighted by atomic mass is 9.98. The van der Waals surface area contributed by atoms with Gasteiger partial charge in [-0.25, -0.2) is 9.50 Å². The van der Waals surface area contributed by atoms with E-state index < -0.39 is 6.61 Å². The monoisotopic (exact) mass is 430 g/mol. The molecule has 164 valence electrons. The molecule has 2 bridgehead atoms. The maximum atomic E-state index is 13.1. The Labute approximate surface area is 177 Å². The molecule has 1 N–H and O–H groups in total. The maximum absolute atomic E-state index is 13.1. The van der Waals surface area contributed by atoms with Gasteiger partial charge in [0.15, 0.2) is 17.1 Å². The number of rotatable bonds is 5. The van der Waals surface area contributed by atoms with Crippen molar-refractivity contribution in [2.24, 2.45) is 0 Å². The first-order valence-electron chi connectivity index (χ1n) is 10.4. The number of benzene rings is 1. The van der Waals surface area contributed by atoms with E-state index in [0.717, 1.165) is 41.8 Å². The molecule has 2 aromatic heterocycles. The van der Waals surface area contributed by atoms with E-state index in [2.05, 4.69) is 14.7 Å². The Balaban J connectivity index is 1.43. The van der Waals surface area contributed by atoms with E-state index in [9.17, 15) is 13.6 Å². The topological polar surface area (TPSA) is 71.9 Å². The van der Waals surface area contributed by atoms with E-state index in [4.69, 9.17) is 9.72 Å². The normalized spacial score (nSPS) is 20.8. The van der Waals surface area contributed by atoms with Gasteiger partial charge >= 0.3 is 6.61 Å². The summed E-state index contributed by atoms with van der Waals surface area (Å²) in [4.78, 5) is 20.3. The van der Waals surface area contributed by atoms with Gasteiger partial charge in [-0.05, 0) is 43.9 Å². The first kappa shape index (κ1) is 20.0. The molecule has 1 fully saturated rings. The Morgan fingerprint density at radius 3 is 2.71 bits per heavy atom. The molecule has 1 saturated heterocycles. The zero-order chi connectivity index (χ0) is 21.7. The third-order valence-electron chi connectivity index (χ3n) is 6.37.